The van der Waals surface area contributed by atoms with E-state index in [4.69, 9.17) is 0 Å². The van der Waals surface area contributed by atoms with E-state index in [2.05, 4.69) is 67.6 Å². The second-order valence-corrected chi connectivity index (χ2v) is 6.43. The summed E-state index contributed by atoms with van der Waals surface area (Å²) in [5, 5.41) is 1.09. The number of likely N-dealkylation sites (N-methyl/N-ethyl adjacent to an activating group) is 2. The molecule has 0 aromatic heterocycles. The second kappa shape index (κ2) is 6.87. The van der Waals surface area contributed by atoms with Crippen LogP contribution in [0.4, 0.5) is 0 Å². The lowest BCUT2D eigenvalue weighted by Crippen LogP contribution is -2.37. The van der Waals surface area contributed by atoms with Crippen LogP contribution in [0.3, 0.4) is 0 Å². The molecule has 0 aliphatic heterocycles. The molecule has 0 saturated heterocycles. The van der Waals surface area contributed by atoms with Crippen molar-refractivity contribution in [3.63, 3.8) is 0 Å². The van der Waals surface area contributed by atoms with Crippen molar-refractivity contribution in [2.45, 2.75) is 20.8 Å². The van der Waals surface area contributed by atoms with Crippen molar-refractivity contribution in [2.75, 3.05) is 46.1 Å². The molecule has 0 aliphatic rings. The number of nitrogens with zero attached hydrogens (tertiary/aromatic N) is 2. The highest BCUT2D eigenvalue weighted by molar-refractivity contribution is 9.09. The van der Waals surface area contributed by atoms with E-state index in [1.807, 2.05) is 0 Å². The SMILES string of the molecule is CN(C)CCN(C)CC(CBr)C(C)(C)C. The summed E-state index contributed by atoms with van der Waals surface area (Å²) >= 11 is 3.62. The number of hydrogen-bond donors (Lipinski definition) is 0. The van der Waals surface area contributed by atoms with E-state index >= 15 is 0 Å². The van der Waals surface area contributed by atoms with E-state index in [1.54, 1.807) is 0 Å². The average Bonchev–Trinajstić information content (AvgIpc) is 2.08. The van der Waals surface area contributed by atoms with E-state index < -0.39 is 0 Å². The highest BCUT2D eigenvalue weighted by atomic mass is 79.9. The monoisotopic (exact) mass is 278 g/mol. The van der Waals surface area contributed by atoms with E-state index in [9.17, 15) is 0 Å². The van der Waals surface area contributed by atoms with Crippen LogP contribution in [0, 0.1) is 11.3 Å². The highest BCUT2D eigenvalue weighted by Crippen LogP contribution is 2.27. The number of rotatable bonds is 6. The predicted molar refractivity (Wildman–Crippen MR) is 72.8 cm³/mol. The van der Waals surface area contributed by atoms with E-state index in [1.165, 1.54) is 6.54 Å². The van der Waals surface area contributed by atoms with Crippen molar-refractivity contribution in [2.24, 2.45) is 11.3 Å². The Morgan fingerprint density at radius 3 is 1.93 bits per heavy atom. The zero-order chi connectivity index (χ0) is 12.1. The lowest BCUT2D eigenvalue weighted by Gasteiger charge is -2.33. The molecule has 0 radical (unpaired) electrons. The molecule has 0 aliphatic carbocycles. The third kappa shape index (κ3) is 7.31. The fraction of sp³-hybridized carbons (Fsp3) is 1.00. The summed E-state index contributed by atoms with van der Waals surface area (Å²) < 4.78 is 0. The summed E-state index contributed by atoms with van der Waals surface area (Å²) in [5.74, 6) is 0.713. The Hall–Kier alpha value is 0.400. The van der Waals surface area contributed by atoms with Gasteiger partial charge in [-0.1, -0.05) is 36.7 Å². The molecule has 0 N–H and O–H groups in total. The summed E-state index contributed by atoms with van der Waals surface area (Å²) in [6.45, 7) is 10.4. The van der Waals surface area contributed by atoms with Crippen LogP contribution in [-0.4, -0.2) is 55.9 Å². The molecule has 1 unspecified atom stereocenters. The van der Waals surface area contributed by atoms with Gasteiger partial charge in [-0.3, -0.25) is 0 Å². The normalized spacial score (nSPS) is 15.0. The molecule has 0 saturated carbocycles. The van der Waals surface area contributed by atoms with Gasteiger partial charge in [-0.25, -0.2) is 0 Å². The van der Waals surface area contributed by atoms with Gasteiger partial charge in [-0.15, -0.1) is 0 Å². The largest absolute Gasteiger partial charge is 0.308 e. The molecule has 0 heterocycles. The summed E-state index contributed by atoms with van der Waals surface area (Å²) in [7, 11) is 6.46. The average molecular weight is 279 g/mol. The zero-order valence-electron chi connectivity index (χ0n) is 11.2. The molecule has 0 aromatic rings. The fourth-order valence-electron chi connectivity index (χ4n) is 1.39. The first-order chi connectivity index (χ1) is 6.77. The van der Waals surface area contributed by atoms with Crippen LogP contribution in [0.1, 0.15) is 20.8 Å². The Labute approximate surface area is 104 Å². The first kappa shape index (κ1) is 15.4. The lowest BCUT2D eigenvalue weighted by molar-refractivity contribution is 0.179. The molecule has 1 atom stereocenters. The van der Waals surface area contributed by atoms with Gasteiger partial charge in [0.15, 0.2) is 0 Å². The third-order valence-electron chi connectivity index (χ3n) is 2.87. The Balaban J connectivity index is 3.97. The van der Waals surface area contributed by atoms with Gasteiger partial charge in [-0.05, 0) is 32.5 Å². The van der Waals surface area contributed by atoms with Gasteiger partial charge < -0.3 is 9.80 Å². The molecule has 2 nitrogen and oxygen atoms in total. The lowest BCUT2D eigenvalue weighted by atomic mass is 9.82. The van der Waals surface area contributed by atoms with Crippen LogP contribution in [-0.2, 0) is 0 Å². The van der Waals surface area contributed by atoms with Crippen LogP contribution in [0.5, 0.6) is 0 Å². The summed E-state index contributed by atoms with van der Waals surface area (Å²) in [4.78, 5) is 4.66. The predicted octanol–water partition coefficient (Wildman–Crippen LogP) is 2.54. The summed E-state index contributed by atoms with van der Waals surface area (Å²) in [6.07, 6.45) is 0. The van der Waals surface area contributed by atoms with Crippen LogP contribution >= 0.6 is 15.9 Å². The molecular weight excluding hydrogens is 252 g/mol. The maximum atomic E-state index is 3.62. The maximum Gasteiger partial charge on any atom is 0.0106 e. The highest BCUT2D eigenvalue weighted by Gasteiger charge is 2.24. The van der Waals surface area contributed by atoms with Gasteiger partial charge in [0, 0.05) is 25.0 Å². The number of hydrogen-bond acceptors (Lipinski definition) is 2. The fourth-order valence-corrected chi connectivity index (χ4v) is 2.57. The molecule has 0 fully saturated rings. The van der Waals surface area contributed by atoms with Gasteiger partial charge >= 0.3 is 0 Å². The van der Waals surface area contributed by atoms with Crippen molar-refractivity contribution in [1.29, 1.82) is 0 Å². The number of alkyl halides is 1. The molecule has 0 rings (SSSR count). The Morgan fingerprint density at radius 2 is 1.60 bits per heavy atom. The van der Waals surface area contributed by atoms with Crippen molar-refractivity contribution in [3.05, 3.63) is 0 Å². The van der Waals surface area contributed by atoms with E-state index in [0.717, 1.165) is 18.4 Å². The van der Waals surface area contributed by atoms with E-state index in [-0.39, 0.29) is 0 Å². The first-order valence-corrected chi connectivity index (χ1v) is 6.78. The topological polar surface area (TPSA) is 6.48 Å². The summed E-state index contributed by atoms with van der Waals surface area (Å²) in [5.41, 5.74) is 0.385. The molecule has 3 heteroatoms. The van der Waals surface area contributed by atoms with Gasteiger partial charge in [0.25, 0.3) is 0 Å². The zero-order valence-corrected chi connectivity index (χ0v) is 12.8. The first-order valence-electron chi connectivity index (χ1n) is 5.66. The van der Waals surface area contributed by atoms with E-state index in [0.29, 0.717) is 11.3 Å². The number of halogens is 1. The van der Waals surface area contributed by atoms with Crippen molar-refractivity contribution >= 4 is 15.9 Å². The van der Waals surface area contributed by atoms with Gasteiger partial charge in [0.05, 0.1) is 0 Å². The minimum Gasteiger partial charge on any atom is -0.308 e. The molecule has 15 heavy (non-hydrogen) atoms. The van der Waals surface area contributed by atoms with Crippen molar-refractivity contribution < 1.29 is 0 Å². The van der Waals surface area contributed by atoms with Crippen molar-refractivity contribution in [3.8, 4) is 0 Å². The molecular formula is C12H27BrN2. The Bertz CT molecular complexity index is 163. The van der Waals surface area contributed by atoms with Gasteiger partial charge in [0.2, 0.25) is 0 Å². The molecule has 0 bridgehead atoms. The quantitative estimate of drug-likeness (QED) is 0.689. The molecule has 92 valence electrons. The van der Waals surface area contributed by atoms with Crippen LogP contribution in [0.2, 0.25) is 0 Å². The summed E-state index contributed by atoms with van der Waals surface area (Å²) in [6, 6.07) is 0. The van der Waals surface area contributed by atoms with Crippen LogP contribution in [0.15, 0.2) is 0 Å². The molecule has 0 spiro atoms. The van der Waals surface area contributed by atoms with Gasteiger partial charge in [0.1, 0.15) is 0 Å². The van der Waals surface area contributed by atoms with Gasteiger partial charge in [-0.2, -0.15) is 0 Å². The Morgan fingerprint density at radius 1 is 1.07 bits per heavy atom. The Kier molecular flexibility index (Phi) is 7.05. The third-order valence-corrected chi connectivity index (χ3v) is 3.65. The smallest absolute Gasteiger partial charge is 0.0106 e. The molecule has 0 aromatic carbocycles. The van der Waals surface area contributed by atoms with Crippen LogP contribution < -0.4 is 0 Å². The maximum absolute atomic E-state index is 3.62. The standard InChI is InChI=1S/C12H27BrN2/c1-12(2,3)11(9-13)10-15(6)8-7-14(4)5/h11H,7-10H2,1-6H3. The molecule has 0 amide bonds. The second-order valence-electron chi connectivity index (χ2n) is 5.78. The van der Waals surface area contributed by atoms with Crippen molar-refractivity contribution in [1.82, 2.24) is 9.80 Å². The minimum atomic E-state index is 0.385. The van der Waals surface area contributed by atoms with Crippen LogP contribution in [0.25, 0.3) is 0 Å². The minimum absolute atomic E-state index is 0.385.